The smallest absolute Gasteiger partial charge is 0.123 e. The fourth-order valence-corrected chi connectivity index (χ4v) is 3.18. The van der Waals surface area contributed by atoms with Gasteiger partial charge in [0.1, 0.15) is 23.9 Å². The largest absolute Gasteiger partial charge is 0.508 e. The van der Waals surface area contributed by atoms with Crippen LogP contribution >= 0.6 is 0 Å². The zero-order valence-corrected chi connectivity index (χ0v) is 17.1. The lowest BCUT2D eigenvalue weighted by Crippen LogP contribution is -2.19. The number of phenolic OH excluding ortho intramolecular Hbond substituents is 1. The van der Waals surface area contributed by atoms with Gasteiger partial charge in [0, 0.05) is 31.6 Å². The fraction of sp³-hybridized carbons (Fsp3) is 0.333. The molecule has 0 aliphatic rings. The quantitative estimate of drug-likeness (QED) is 0.511. The molecule has 0 spiro atoms. The summed E-state index contributed by atoms with van der Waals surface area (Å²) >= 11 is 0. The van der Waals surface area contributed by atoms with Crippen LogP contribution in [0.2, 0.25) is 0 Å². The van der Waals surface area contributed by atoms with Gasteiger partial charge in [0.25, 0.3) is 0 Å². The highest BCUT2D eigenvalue weighted by Crippen LogP contribution is 2.32. The third kappa shape index (κ3) is 5.86. The van der Waals surface area contributed by atoms with Gasteiger partial charge in [-0.05, 0) is 60.8 Å². The van der Waals surface area contributed by atoms with Crippen LogP contribution in [0, 0.1) is 0 Å². The lowest BCUT2D eigenvalue weighted by molar-refractivity contribution is 0.233. The first-order chi connectivity index (χ1) is 14.1. The third-order valence-electron chi connectivity index (χ3n) is 4.74. The average Bonchev–Trinajstić information content (AvgIpc) is 2.70. The number of aliphatic hydroxyl groups is 1. The molecule has 0 bridgehead atoms. The summed E-state index contributed by atoms with van der Waals surface area (Å²) in [6, 6.07) is 17.4. The van der Waals surface area contributed by atoms with Gasteiger partial charge in [-0.3, -0.25) is 0 Å². The van der Waals surface area contributed by atoms with Crippen LogP contribution in [0.3, 0.4) is 0 Å². The molecule has 0 radical (unpaired) electrons. The zero-order valence-electron chi connectivity index (χ0n) is 17.1. The summed E-state index contributed by atoms with van der Waals surface area (Å²) in [5, 5.41) is 20.9. The van der Waals surface area contributed by atoms with Crippen LogP contribution < -0.4 is 9.47 Å². The van der Waals surface area contributed by atoms with E-state index in [9.17, 15) is 5.11 Å². The zero-order chi connectivity index (χ0) is 20.6. The molecule has 0 saturated carbocycles. The predicted octanol–water partition coefficient (Wildman–Crippen LogP) is 3.84. The molecule has 3 rings (SSSR count). The van der Waals surface area contributed by atoms with Crippen molar-refractivity contribution in [1.82, 2.24) is 4.90 Å². The molecule has 0 unspecified atom stereocenters. The lowest BCUT2D eigenvalue weighted by atomic mass is 9.97. The molecular formula is C24H29NO4. The lowest BCUT2D eigenvalue weighted by Gasteiger charge is -2.15. The molecule has 3 aromatic carbocycles. The number of phenols is 1. The van der Waals surface area contributed by atoms with E-state index in [1.807, 2.05) is 44.4 Å². The van der Waals surface area contributed by atoms with Gasteiger partial charge in [-0.15, -0.1) is 0 Å². The van der Waals surface area contributed by atoms with E-state index in [1.54, 1.807) is 12.1 Å². The van der Waals surface area contributed by atoms with E-state index in [1.165, 1.54) is 0 Å². The number of fused-ring (bicyclic) bond motifs is 1. The summed E-state index contributed by atoms with van der Waals surface area (Å²) in [6.07, 6.45) is 1.29. The van der Waals surface area contributed by atoms with E-state index in [4.69, 9.17) is 14.6 Å². The SMILES string of the molecule is CN(C)CCOc1ccc(Cc2c(OCCCO)ccc3cc(O)ccc23)cc1. The number of aliphatic hydroxyl groups excluding tert-OH is 1. The van der Waals surface area contributed by atoms with Crippen molar-refractivity contribution in [2.45, 2.75) is 12.8 Å². The Morgan fingerprint density at radius 3 is 2.41 bits per heavy atom. The van der Waals surface area contributed by atoms with Crippen molar-refractivity contribution >= 4 is 10.8 Å². The first kappa shape index (κ1) is 21.0. The number of likely N-dealkylation sites (N-methyl/N-ethyl adjacent to an activating group) is 1. The van der Waals surface area contributed by atoms with Gasteiger partial charge in [-0.2, -0.15) is 0 Å². The minimum absolute atomic E-state index is 0.103. The molecule has 0 aliphatic heterocycles. The Kier molecular flexibility index (Phi) is 7.33. The maximum absolute atomic E-state index is 9.81. The summed E-state index contributed by atoms with van der Waals surface area (Å²) in [5.74, 6) is 1.91. The van der Waals surface area contributed by atoms with E-state index < -0.39 is 0 Å². The number of ether oxygens (including phenoxy) is 2. The highest BCUT2D eigenvalue weighted by molar-refractivity contribution is 5.89. The van der Waals surface area contributed by atoms with Gasteiger partial charge >= 0.3 is 0 Å². The number of hydrogen-bond acceptors (Lipinski definition) is 5. The second kappa shape index (κ2) is 10.1. The van der Waals surface area contributed by atoms with Crippen LogP contribution in [0.1, 0.15) is 17.5 Å². The average molecular weight is 395 g/mol. The standard InChI is InChI=1S/C24H29NO4/c1-25(2)12-15-28-21-8-4-18(5-9-21)16-23-22-10-7-20(27)17-19(22)6-11-24(23)29-14-3-13-26/h4-11,17,26-27H,3,12-16H2,1-2H3. The molecule has 0 heterocycles. The van der Waals surface area contributed by atoms with Crippen LogP contribution in [-0.4, -0.2) is 55.6 Å². The molecule has 0 saturated heterocycles. The van der Waals surface area contributed by atoms with Gasteiger partial charge in [0.15, 0.2) is 0 Å². The highest BCUT2D eigenvalue weighted by atomic mass is 16.5. The molecule has 0 aliphatic carbocycles. The van der Waals surface area contributed by atoms with Crippen molar-refractivity contribution in [2.75, 3.05) is 40.5 Å². The van der Waals surface area contributed by atoms with Gasteiger partial charge in [-0.1, -0.05) is 24.3 Å². The number of nitrogens with zero attached hydrogens (tertiary/aromatic N) is 1. The second-order valence-electron chi connectivity index (χ2n) is 7.35. The van der Waals surface area contributed by atoms with E-state index in [0.29, 0.717) is 26.1 Å². The van der Waals surface area contributed by atoms with Crippen molar-refractivity contribution in [3.8, 4) is 17.2 Å². The number of rotatable bonds is 10. The minimum atomic E-state index is 0.103. The number of hydrogen-bond donors (Lipinski definition) is 2. The molecule has 154 valence electrons. The van der Waals surface area contributed by atoms with Crippen molar-refractivity contribution < 1.29 is 19.7 Å². The van der Waals surface area contributed by atoms with E-state index in [-0.39, 0.29) is 12.4 Å². The Hall–Kier alpha value is -2.76. The van der Waals surface area contributed by atoms with Crippen molar-refractivity contribution in [3.63, 3.8) is 0 Å². The molecular weight excluding hydrogens is 366 g/mol. The number of aromatic hydroxyl groups is 1. The maximum atomic E-state index is 9.81. The Bertz CT molecular complexity index is 922. The van der Waals surface area contributed by atoms with Crippen LogP contribution in [0.15, 0.2) is 54.6 Å². The summed E-state index contributed by atoms with van der Waals surface area (Å²) < 4.78 is 11.7. The van der Waals surface area contributed by atoms with E-state index in [0.717, 1.165) is 39.9 Å². The van der Waals surface area contributed by atoms with Gasteiger partial charge in [-0.25, -0.2) is 0 Å². The third-order valence-corrected chi connectivity index (χ3v) is 4.74. The summed E-state index contributed by atoms with van der Waals surface area (Å²) in [5.41, 5.74) is 2.22. The van der Waals surface area contributed by atoms with Gasteiger partial charge in [0.05, 0.1) is 6.61 Å². The monoisotopic (exact) mass is 395 g/mol. The topological polar surface area (TPSA) is 62.2 Å². The first-order valence-electron chi connectivity index (χ1n) is 9.91. The molecule has 5 heteroatoms. The van der Waals surface area contributed by atoms with Crippen LogP contribution in [0.5, 0.6) is 17.2 Å². The van der Waals surface area contributed by atoms with E-state index >= 15 is 0 Å². The Balaban J connectivity index is 1.82. The molecule has 3 aromatic rings. The van der Waals surface area contributed by atoms with Gasteiger partial charge in [0.2, 0.25) is 0 Å². The number of benzene rings is 3. The summed E-state index contributed by atoms with van der Waals surface area (Å²) in [4.78, 5) is 2.09. The van der Waals surface area contributed by atoms with Crippen molar-refractivity contribution in [1.29, 1.82) is 0 Å². The second-order valence-corrected chi connectivity index (χ2v) is 7.35. The molecule has 29 heavy (non-hydrogen) atoms. The molecule has 0 aromatic heterocycles. The normalized spacial score (nSPS) is 11.2. The van der Waals surface area contributed by atoms with Crippen molar-refractivity contribution in [3.05, 3.63) is 65.7 Å². The predicted molar refractivity (Wildman–Crippen MR) is 116 cm³/mol. The van der Waals surface area contributed by atoms with Gasteiger partial charge < -0.3 is 24.6 Å². The fourth-order valence-electron chi connectivity index (χ4n) is 3.18. The van der Waals surface area contributed by atoms with Crippen LogP contribution in [0.4, 0.5) is 0 Å². The van der Waals surface area contributed by atoms with E-state index in [2.05, 4.69) is 17.0 Å². The maximum Gasteiger partial charge on any atom is 0.123 e. The van der Waals surface area contributed by atoms with Crippen LogP contribution in [0.25, 0.3) is 10.8 Å². The Morgan fingerprint density at radius 2 is 1.69 bits per heavy atom. The Labute approximate surface area is 172 Å². The Morgan fingerprint density at radius 1 is 0.897 bits per heavy atom. The molecule has 2 N–H and O–H groups in total. The molecule has 0 fully saturated rings. The highest BCUT2D eigenvalue weighted by Gasteiger charge is 2.11. The summed E-state index contributed by atoms with van der Waals surface area (Å²) in [6.45, 7) is 2.10. The molecule has 0 atom stereocenters. The minimum Gasteiger partial charge on any atom is -0.508 e. The van der Waals surface area contributed by atoms with Crippen LogP contribution in [-0.2, 0) is 6.42 Å². The summed E-state index contributed by atoms with van der Waals surface area (Å²) in [7, 11) is 4.05. The molecule has 5 nitrogen and oxygen atoms in total. The molecule has 0 amide bonds. The van der Waals surface area contributed by atoms with Crippen molar-refractivity contribution in [2.24, 2.45) is 0 Å². The first-order valence-corrected chi connectivity index (χ1v) is 9.91.